The van der Waals surface area contributed by atoms with E-state index in [2.05, 4.69) is 15.9 Å². The molecule has 0 saturated carbocycles. The van der Waals surface area contributed by atoms with Crippen LogP contribution in [0, 0.1) is 0 Å². The highest BCUT2D eigenvalue weighted by molar-refractivity contribution is 9.10. The summed E-state index contributed by atoms with van der Waals surface area (Å²) >= 11 is 2.88. The minimum Gasteiger partial charge on any atom is -0.394 e. The summed E-state index contributed by atoms with van der Waals surface area (Å²) in [4.78, 5) is 0. The molecule has 0 bridgehead atoms. The number of halogens is 1. The molecule has 1 N–H and O–H groups in total. The van der Waals surface area contributed by atoms with Crippen LogP contribution in [0.25, 0.3) is 0 Å². The third-order valence-corrected chi connectivity index (χ3v) is 5.13. The quantitative estimate of drug-likeness (QED) is 0.743. The first-order valence-corrected chi connectivity index (χ1v) is 6.14. The average Bonchev–Trinajstić information content (AvgIpc) is 2.03. The first-order valence-electron chi connectivity index (χ1n) is 3.41. The van der Waals surface area contributed by atoms with Gasteiger partial charge in [-0.25, -0.2) is 8.42 Å². The Morgan fingerprint density at radius 2 is 1.92 bits per heavy atom. The molecule has 0 heterocycles. The molecule has 0 fully saturated rings. The second kappa shape index (κ2) is 4.04. The van der Waals surface area contributed by atoms with Crippen LogP contribution in [0.15, 0.2) is 0 Å². The Morgan fingerprint density at radius 3 is 2.17 bits per heavy atom. The Hall–Kier alpha value is 0.350. The van der Waals surface area contributed by atoms with Crippen LogP contribution in [0.1, 0.15) is 13.8 Å². The van der Waals surface area contributed by atoms with E-state index in [-0.39, 0.29) is 11.3 Å². The van der Waals surface area contributed by atoms with Crippen LogP contribution in [0.3, 0.4) is 0 Å². The molecule has 0 aromatic carbocycles. The third kappa shape index (κ3) is 2.69. The summed E-state index contributed by atoms with van der Waals surface area (Å²) in [6.07, 6.45) is 0. The second-order valence-corrected chi connectivity index (χ2v) is 6.46. The third-order valence-electron chi connectivity index (χ3n) is 1.79. The van der Waals surface area contributed by atoms with Crippen molar-refractivity contribution >= 4 is 26.0 Å². The summed E-state index contributed by atoms with van der Waals surface area (Å²) in [5, 5.41) is 8.90. The van der Waals surface area contributed by atoms with E-state index in [4.69, 9.17) is 5.11 Å². The second-order valence-electron chi connectivity index (χ2n) is 3.16. The minimum atomic E-state index is -3.28. The van der Waals surface area contributed by atoms with E-state index >= 15 is 0 Å². The van der Waals surface area contributed by atoms with Crippen LogP contribution in [-0.4, -0.2) is 41.7 Å². The van der Waals surface area contributed by atoms with E-state index in [1.807, 2.05) is 0 Å². The number of hydrogen-bond acceptors (Lipinski definition) is 3. The van der Waals surface area contributed by atoms with Gasteiger partial charge < -0.3 is 5.11 Å². The first-order chi connectivity index (χ1) is 5.28. The Balaban J connectivity index is 4.72. The van der Waals surface area contributed by atoms with Crippen molar-refractivity contribution < 1.29 is 13.5 Å². The fourth-order valence-corrected chi connectivity index (χ4v) is 2.43. The van der Waals surface area contributed by atoms with Gasteiger partial charge in [0.05, 0.1) is 12.1 Å². The molecular weight excluding hydrogens is 246 g/mol. The van der Waals surface area contributed by atoms with Crippen LogP contribution >= 0.6 is 15.9 Å². The SMILES string of the molecule is CN(C(C)(C)CO)S(=O)(=O)CBr. The number of likely N-dealkylation sites (N-methyl/N-ethyl adjacent to an activating group) is 1. The van der Waals surface area contributed by atoms with Crippen LogP contribution in [-0.2, 0) is 10.0 Å². The van der Waals surface area contributed by atoms with Crippen LogP contribution in [0.2, 0.25) is 0 Å². The van der Waals surface area contributed by atoms with Gasteiger partial charge in [-0.3, -0.25) is 0 Å². The highest BCUT2D eigenvalue weighted by Crippen LogP contribution is 2.16. The monoisotopic (exact) mass is 259 g/mol. The molecule has 0 aliphatic carbocycles. The normalized spacial score (nSPS) is 13.8. The molecule has 6 heteroatoms. The van der Waals surface area contributed by atoms with E-state index in [1.165, 1.54) is 7.05 Å². The van der Waals surface area contributed by atoms with Gasteiger partial charge in [0.25, 0.3) is 0 Å². The molecule has 0 unspecified atom stereocenters. The maximum absolute atomic E-state index is 11.3. The molecule has 0 atom stereocenters. The van der Waals surface area contributed by atoms with Gasteiger partial charge in [-0.2, -0.15) is 4.31 Å². The molecular formula is C6H14BrNO3S. The van der Waals surface area contributed by atoms with Crippen molar-refractivity contribution in [3.63, 3.8) is 0 Å². The molecule has 0 radical (unpaired) electrons. The van der Waals surface area contributed by atoms with Crippen molar-refractivity contribution in [3.8, 4) is 0 Å². The van der Waals surface area contributed by atoms with Crippen molar-refractivity contribution in [2.45, 2.75) is 19.4 Å². The predicted molar refractivity (Wildman–Crippen MR) is 51.6 cm³/mol. The van der Waals surface area contributed by atoms with E-state index in [1.54, 1.807) is 13.8 Å². The highest BCUT2D eigenvalue weighted by atomic mass is 79.9. The van der Waals surface area contributed by atoms with Crippen molar-refractivity contribution in [1.82, 2.24) is 4.31 Å². The number of sulfonamides is 1. The van der Waals surface area contributed by atoms with Gasteiger partial charge in [-0.05, 0) is 13.8 Å². The summed E-state index contributed by atoms with van der Waals surface area (Å²) in [6.45, 7) is 3.12. The minimum absolute atomic E-state index is 0.125. The number of aliphatic hydroxyl groups is 1. The molecule has 0 rings (SSSR count). The van der Waals surface area contributed by atoms with Crippen LogP contribution in [0.5, 0.6) is 0 Å². The fraction of sp³-hybridized carbons (Fsp3) is 1.00. The van der Waals surface area contributed by atoms with Crippen molar-refractivity contribution in [2.75, 3.05) is 18.3 Å². The van der Waals surface area contributed by atoms with Gasteiger partial charge in [0.2, 0.25) is 10.0 Å². The molecule has 0 spiro atoms. The van der Waals surface area contributed by atoms with Crippen molar-refractivity contribution in [3.05, 3.63) is 0 Å². The highest BCUT2D eigenvalue weighted by Gasteiger charge is 2.31. The Labute approximate surface area is 81.7 Å². The summed E-state index contributed by atoms with van der Waals surface area (Å²) in [7, 11) is -1.83. The molecule has 0 aromatic heterocycles. The number of aliphatic hydroxyl groups excluding tert-OH is 1. The summed E-state index contributed by atoms with van der Waals surface area (Å²) < 4.78 is 23.6. The van der Waals surface area contributed by atoms with Gasteiger partial charge in [0.15, 0.2) is 0 Å². The lowest BCUT2D eigenvalue weighted by atomic mass is 10.1. The van der Waals surface area contributed by atoms with Gasteiger partial charge in [0, 0.05) is 7.05 Å². The zero-order valence-electron chi connectivity index (χ0n) is 7.41. The first kappa shape index (κ1) is 12.3. The molecule has 0 aliphatic heterocycles. The van der Waals surface area contributed by atoms with Crippen LogP contribution in [0.4, 0.5) is 0 Å². The van der Waals surface area contributed by atoms with E-state index in [0.29, 0.717) is 0 Å². The van der Waals surface area contributed by atoms with E-state index < -0.39 is 15.6 Å². The summed E-state index contributed by atoms with van der Waals surface area (Å²) in [5.74, 6) is 0. The topological polar surface area (TPSA) is 57.6 Å². The Morgan fingerprint density at radius 1 is 1.50 bits per heavy atom. The van der Waals surface area contributed by atoms with Crippen LogP contribution < -0.4 is 0 Å². The number of alkyl halides is 1. The lowest BCUT2D eigenvalue weighted by molar-refractivity contribution is 0.138. The largest absolute Gasteiger partial charge is 0.394 e. The number of nitrogens with zero attached hydrogens (tertiary/aromatic N) is 1. The number of hydrogen-bond donors (Lipinski definition) is 1. The molecule has 12 heavy (non-hydrogen) atoms. The van der Waals surface area contributed by atoms with Gasteiger partial charge in [-0.1, -0.05) is 15.9 Å². The summed E-state index contributed by atoms with van der Waals surface area (Å²) in [6, 6.07) is 0. The average molecular weight is 260 g/mol. The maximum Gasteiger partial charge on any atom is 0.224 e. The van der Waals surface area contributed by atoms with Crippen molar-refractivity contribution in [1.29, 1.82) is 0 Å². The zero-order chi connectivity index (χ0) is 9.99. The van der Waals surface area contributed by atoms with E-state index in [9.17, 15) is 8.42 Å². The zero-order valence-corrected chi connectivity index (χ0v) is 9.81. The predicted octanol–water partition coefficient (Wildman–Crippen LogP) is 0.371. The molecule has 0 aromatic rings. The lowest BCUT2D eigenvalue weighted by Crippen LogP contribution is -2.47. The van der Waals surface area contributed by atoms with Gasteiger partial charge >= 0.3 is 0 Å². The lowest BCUT2D eigenvalue weighted by Gasteiger charge is -2.32. The molecule has 0 amide bonds. The molecule has 74 valence electrons. The Bertz CT molecular complexity index is 237. The standard InChI is InChI=1S/C6H14BrNO3S/c1-6(2,4-9)8(3)12(10,11)5-7/h9H,4-5H2,1-3H3. The fourth-order valence-electron chi connectivity index (χ4n) is 0.549. The van der Waals surface area contributed by atoms with E-state index in [0.717, 1.165) is 4.31 Å². The van der Waals surface area contributed by atoms with Gasteiger partial charge in [0.1, 0.15) is 4.66 Å². The smallest absolute Gasteiger partial charge is 0.224 e. The van der Waals surface area contributed by atoms with Gasteiger partial charge in [-0.15, -0.1) is 0 Å². The molecule has 0 saturated heterocycles. The molecule has 0 aliphatic rings. The Kier molecular flexibility index (Phi) is 4.16. The molecule has 4 nitrogen and oxygen atoms in total. The maximum atomic E-state index is 11.3. The number of rotatable bonds is 4. The van der Waals surface area contributed by atoms with Crippen molar-refractivity contribution in [2.24, 2.45) is 0 Å². The summed E-state index contributed by atoms with van der Waals surface area (Å²) in [5.41, 5.74) is -0.743.